The molecule has 1 heterocycles. The highest BCUT2D eigenvalue weighted by Gasteiger charge is 2.50. The van der Waals surface area contributed by atoms with Crippen molar-refractivity contribution in [3.63, 3.8) is 0 Å². The van der Waals surface area contributed by atoms with E-state index in [-0.39, 0.29) is 6.04 Å². The van der Waals surface area contributed by atoms with Gasteiger partial charge in [-0.1, -0.05) is 36.8 Å². The fraction of sp³-hybridized carbons (Fsp3) is 0.400. The second-order valence-electron chi connectivity index (χ2n) is 5.63. The molecule has 20 heavy (non-hydrogen) atoms. The van der Waals surface area contributed by atoms with Crippen LogP contribution in [0.5, 0.6) is 0 Å². The number of carbonyl (C=O) groups excluding carboxylic acids is 3. The van der Waals surface area contributed by atoms with Gasteiger partial charge in [0.15, 0.2) is 0 Å². The van der Waals surface area contributed by atoms with Gasteiger partial charge in [0.25, 0.3) is 0 Å². The zero-order chi connectivity index (χ0) is 14.4. The molecule has 5 heteroatoms. The molecule has 4 amide bonds. The number of barbiturate groups is 1. The number of carbonyl (C=O) groups is 3. The summed E-state index contributed by atoms with van der Waals surface area (Å²) in [5.74, 6) is -1.54. The molecule has 1 saturated carbocycles. The number of rotatable bonds is 2. The van der Waals surface area contributed by atoms with Gasteiger partial charge in [-0.2, -0.15) is 0 Å². The summed E-state index contributed by atoms with van der Waals surface area (Å²) >= 11 is 0. The Morgan fingerprint density at radius 3 is 2.30 bits per heavy atom. The topological polar surface area (TPSA) is 66.5 Å². The van der Waals surface area contributed by atoms with Gasteiger partial charge in [0, 0.05) is 6.04 Å². The van der Waals surface area contributed by atoms with Gasteiger partial charge in [0.1, 0.15) is 5.92 Å². The van der Waals surface area contributed by atoms with E-state index in [1.54, 1.807) is 12.1 Å². The molecule has 3 rings (SSSR count). The number of hydrogen-bond donors (Lipinski definition) is 1. The van der Waals surface area contributed by atoms with Crippen molar-refractivity contribution in [2.45, 2.75) is 32.2 Å². The van der Waals surface area contributed by atoms with Crippen molar-refractivity contribution in [3.8, 4) is 0 Å². The van der Waals surface area contributed by atoms with E-state index in [2.05, 4.69) is 5.32 Å². The Hall–Kier alpha value is -2.17. The third kappa shape index (κ3) is 1.99. The van der Waals surface area contributed by atoms with E-state index in [0.29, 0.717) is 11.5 Å². The van der Waals surface area contributed by atoms with Crippen molar-refractivity contribution in [2.24, 2.45) is 5.92 Å². The van der Waals surface area contributed by atoms with Crippen molar-refractivity contribution < 1.29 is 14.4 Å². The molecule has 1 aromatic carbocycles. The number of nitrogens with one attached hydrogen (secondary N) is 1. The maximum Gasteiger partial charge on any atom is 0.331 e. The Morgan fingerprint density at radius 2 is 1.75 bits per heavy atom. The maximum absolute atomic E-state index is 12.5. The molecular formula is C15H16N2O3. The van der Waals surface area contributed by atoms with Crippen LogP contribution in [0.4, 0.5) is 4.79 Å². The second kappa shape index (κ2) is 4.44. The third-order valence-corrected chi connectivity index (χ3v) is 4.00. The smallest absolute Gasteiger partial charge is 0.277 e. The minimum absolute atomic E-state index is 0.0662. The molecule has 0 aromatic heterocycles. The van der Waals surface area contributed by atoms with Crippen molar-refractivity contribution in [1.82, 2.24) is 10.2 Å². The molecule has 1 aliphatic carbocycles. The molecule has 1 aromatic rings. The number of hydrogen-bond acceptors (Lipinski definition) is 3. The Labute approximate surface area is 116 Å². The van der Waals surface area contributed by atoms with Crippen LogP contribution < -0.4 is 5.32 Å². The molecule has 1 aliphatic heterocycles. The summed E-state index contributed by atoms with van der Waals surface area (Å²) in [4.78, 5) is 37.6. The standard InChI is InChI=1S/C15H16N2O3/c1-8-3-5-10(6-4-8)12-13(18)16-15(20)17(14(12)19)11-7-9(11)2/h3-6,9,11-12H,7H2,1-2H3,(H,16,18,20). The summed E-state index contributed by atoms with van der Waals surface area (Å²) in [7, 11) is 0. The average Bonchev–Trinajstić information content (AvgIpc) is 3.08. The number of imide groups is 2. The summed E-state index contributed by atoms with van der Waals surface area (Å²) in [6, 6.07) is 6.59. The molecule has 3 unspecified atom stereocenters. The molecule has 0 bridgehead atoms. The highest BCUT2D eigenvalue weighted by Crippen LogP contribution is 2.38. The molecule has 1 N–H and O–H groups in total. The zero-order valence-corrected chi connectivity index (χ0v) is 11.4. The van der Waals surface area contributed by atoms with Crippen molar-refractivity contribution in [1.29, 1.82) is 0 Å². The maximum atomic E-state index is 12.5. The quantitative estimate of drug-likeness (QED) is 0.831. The van der Waals surface area contributed by atoms with Crippen molar-refractivity contribution in [2.75, 3.05) is 0 Å². The summed E-state index contributed by atoms with van der Waals surface area (Å²) in [5, 5.41) is 2.29. The van der Waals surface area contributed by atoms with Crippen molar-refractivity contribution in [3.05, 3.63) is 35.4 Å². The number of benzene rings is 1. The molecule has 0 radical (unpaired) electrons. The Kier molecular flexibility index (Phi) is 2.85. The van der Waals surface area contributed by atoms with Crippen LogP contribution in [-0.2, 0) is 9.59 Å². The van der Waals surface area contributed by atoms with Crippen LogP contribution in [0.15, 0.2) is 24.3 Å². The van der Waals surface area contributed by atoms with Gasteiger partial charge in [0.05, 0.1) is 0 Å². The fourth-order valence-electron chi connectivity index (χ4n) is 2.62. The van der Waals surface area contributed by atoms with Crippen molar-refractivity contribution >= 4 is 17.8 Å². The van der Waals surface area contributed by atoms with Crippen LogP contribution in [0, 0.1) is 12.8 Å². The van der Waals surface area contributed by atoms with Crippen LogP contribution in [0.3, 0.4) is 0 Å². The van der Waals surface area contributed by atoms with E-state index in [1.165, 1.54) is 4.90 Å². The molecular weight excluding hydrogens is 256 g/mol. The fourth-order valence-corrected chi connectivity index (χ4v) is 2.62. The second-order valence-corrected chi connectivity index (χ2v) is 5.63. The first-order valence-electron chi connectivity index (χ1n) is 6.73. The first-order chi connectivity index (χ1) is 9.49. The lowest BCUT2D eigenvalue weighted by molar-refractivity contribution is -0.139. The minimum atomic E-state index is -0.916. The van der Waals surface area contributed by atoms with Gasteiger partial charge < -0.3 is 0 Å². The molecule has 3 atom stereocenters. The predicted octanol–water partition coefficient (Wildman–Crippen LogP) is 1.57. The Bertz CT molecular complexity index is 594. The highest BCUT2D eigenvalue weighted by atomic mass is 16.2. The molecule has 2 aliphatic rings. The van der Waals surface area contributed by atoms with Gasteiger partial charge in [-0.25, -0.2) is 4.79 Å². The van der Waals surface area contributed by atoms with Crippen LogP contribution >= 0.6 is 0 Å². The monoisotopic (exact) mass is 272 g/mol. The molecule has 104 valence electrons. The van der Waals surface area contributed by atoms with E-state index < -0.39 is 23.8 Å². The number of amides is 4. The largest absolute Gasteiger partial charge is 0.331 e. The number of nitrogens with zero attached hydrogens (tertiary/aromatic N) is 1. The highest BCUT2D eigenvalue weighted by molar-refractivity contribution is 6.19. The minimum Gasteiger partial charge on any atom is -0.277 e. The lowest BCUT2D eigenvalue weighted by Gasteiger charge is -2.30. The van der Waals surface area contributed by atoms with Crippen LogP contribution in [-0.4, -0.2) is 28.8 Å². The normalized spacial score (nSPS) is 29.4. The Morgan fingerprint density at radius 1 is 1.15 bits per heavy atom. The van der Waals surface area contributed by atoms with Gasteiger partial charge in [-0.05, 0) is 24.8 Å². The van der Waals surface area contributed by atoms with E-state index >= 15 is 0 Å². The molecule has 5 nitrogen and oxygen atoms in total. The summed E-state index contributed by atoms with van der Waals surface area (Å²) in [6.45, 7) is 3.93. The third-order valence-electron chi connectivity index (χ3n) is 4.00. The average molecular weight is 272 g/mol. The number of urea groups is 1. The first kappa shape index (κ1) is 12.8. The van der Waals surface area contributed by atoms with Gasteiger partial charge in [-0.15, -0.1) is 0 Å². The van der Waals surface area contributed by atoms with E-state index in [0.717, 1.165) is 12.0 Å². The number of aryl methyl sites for hydroxylation is 1. The summed E-state index contributed by atoms with van der Waals surface area (Å²) < 4.78 is 0. The van der Waals surface area contributed by atoms with Gasteiger partial charge in [-0.3, -0.25) is 19.8 Å². The Balaban J connectivity index is 1.93. The van der Waals surface area contributed by atoms with E-state index in [9.17, 15) is 14.4 Å². The molecule has 1 saturated heterocycles. The molecule has 0 spiro atoms. The van der Waals surface area contributed by atoms with Gasteiger partial charge in [0.2, 0.25) is 11.8 Å². The van der Waals surface area contributed by atoms with Crippen LogP contribution in [0.25, 0.3) is 0 Å². The lowest BCUT2D eigenvalue weighted by Crippen LogP contribution is -2.57. The SMILES string of the molecule is Cc1ccc(C2C(=O)NC(=O)N(C3CC3C)C2=O)cc1. The predicted molar refractivity (Wildman–Crippen MR) is 71.9 cm³/mol. The van der Waals surface area contributed by atoms with Gasteiger partial charge >= 0.3 is 6.03 Å². The summed E-state index contributed by atoms with van der Waals surface area (Å²) in [6.07, 6.45) is 0.813. The summed E-state index contributed by atoms with van der Waals surface area (Å²) in [5.41, 5.74) is 1.69. The van der Waals surface area contributed by atoms with E-state index in [4.69, 9.17) is 0 Å². The van der Waals surface area contributed by atoms with Crippen LogP contribution in [0.2, 0.25) is 0 Å². The first-order valence-corrected chi connectivity index (χ1v) is 6.73. The molecule has 2 fully saturated rings. The zero-order valence-electron chi connectivity index (χ0n) is 11.4. The lowest BCUT2D eigenvalue weighted by atomic mass is 9.94. The van der Waals surface area contributed by atoms with E-state index in [1.807, 2.05) is 26.0 Å². The van der Waals surface area contributed by atoms with Crippen LogP contribution in [0.1, 0.15) is 30.4 Å².